The lowest BCUT2D eigenvalue weighted by Gasteiger charge is -2.29. The first-order valence-corrected chi connectivity index (χ1v) is 6.83. The Morgan fingerprint density at radius 2 is 2.06 bits per heavy atom. The Balaban J connectivity index is 2.13. The topological polar surface area (TPSA) is 33.7 Å². The molecule has 1 fully saturated rings. The summed E-state index contributed by atoms with van der Waals surface area (Å²) in [6.45, 7) is 10.3. The summed E-state index contributed by atoms with van der Waals surface area (Å²) in [4.78, 5) is 2.41. The van der Waals surface area contributed by atoms with Crippen molar-refractivity contribution in [2.45, 2.75) is 38.8 Å². The second kappa shape index (κ2) is 8.86. The second-order valence-corrected chi connectivity index (χ2v) is 4.75. The van der Waals surface area contributed by atoms with Crippen LogP contribution < -0.4 is 5.32 Å². The van der Waals surface area contributed by atoms with Crippen LogP contribution in [0.4, 0.5) is 0 Å². The van der Waals surface area contributed by atoms with Gasteiger partial charge in [-0.2, -0.15) is 0 Å². The van der Waals surface area contributed by atoms with E-state index >= 15 is 0 Å². The molecule has 0 aromatic heterocycles. The molecule has 17 heavy (non-hydrogen) atoms. The van der Waals surface area contributed by atoms with E-state index in [4.69, 9.17) is 9.47 Å². The van der Waals surface area contributed by atoms with Crippen LogP contribution in [0.15, 0.2) is 0 Å². The molecule has 0 spiro atoms. The maximum atomic E-state index is 5.92. The highest BCUT2D eigenvalue weighted by Crippen LogP contribution is 2.07. The van der Waals surface area contributed by atoms with E-state index in [1.54, 1.807) is 7.11 Å². The number of likely N-dealkylation sites (N-methyl/N-ethyl adjacent to an activating group) is 1. The van der Waals surface area contributed by atoms with Gasteiger partial charge in [-0.1, -0.05) is 6.92 Å². The molecule has 0 aromatic rings. The molecule has 1 aliphatic heterocycles. The van der Waals surface area contributed by atoms with Crippen LogP contribution in [0.5, 0.6) is 0 Å². The minimum Gasteiger partial charge on any atom is -0.383 e. The Hall–Kier alpha value is -0.160. The van der Waals surface area contributed by atoms with Crippen LogP contribution in [0.2, 0.25) is 0 Å². The van der Waals surface area contributed by atoms with Crippen molar-refractivity contribution in [3.05, 3.63) is 0 Å². The molecule has 102 valence electrons. The first-order valence-electron chi connectivity index (χ1n) is 6.83. The average Bonchev–Trinajstić information content (AvgIpc) is 2.36. The molecule has 0 bridgehead atoms. The van der Waals surface area contributed by atoms with Gasteiger partial charge in [0.1, 0.15) is 0 Å². The summed E-state index contributed by atoms with van der Waals surface area (Å²) in [6.07, 6.45) is 2.77. The smallest absolute Gasteiger partial charge is 0.0615 e. The molecule has 1 atom stereocenters. The summed E-state index contributed by atoms with van der Waals surface area (Å²) in [6, 6.07) is 0.474. The van der Waals surface area contributed by atoms with Gasteiger partial charge in [-0.15, -0.1) is 0 Å². The van der Waals surface area contributed by atoms with Crippen molar-refractivity contribution in [2.24, 2.45) is 0 Å². The molecule has 0 amide bonds. The molecule has 1 aliphatic rings. The summed E-state index contributed by atoms with van der Waals surface area (Å²) in [7, 11) is 1.76. The highest BCUT2D eigenvalue weighted by Gasteiger charge is 2.15. The van der Waals surface area contributed by atoms with Crippen LogP contribution in [0, 0.1) is 0 Å². The third kappa shape index (κ3) is 5.82. The standard InChI is InChI=1S/C13H28N2O2/c1-4-15(12(2)11-16-3)9-10-17-13-5-7-14-8-6-13/h12-14H,4-11H2,1-3H3. The van der Waals surface area contributed by atoms with E-state index in [1.807, 2.05) is 0 Å². The van der Waals surface area contributed by atoms with Crippen LogP contribution in [0.1, 0.15) is 26.7 Å². The van der Waals surface area contributed by atoms with Crippen molar-refractivity contribution >= 4 is 0 Å². The highest BCUT2D eigenvalue weighted by molar-refractivity contribution is 4.69. The minimum absolute atomic E-state index is 0.465. The van der Waals surface area contributed by atoms with E-state index in [-0.39, 0.29) is 0 Å². The molecule has 0 radical (unpaired) electrons. The highest BCUT2D eigenvalue weighted by atomic mass is 16.5. The van der Waals surface area contributed by atoms with Gasteiger partial charge >= 0.3 is 0 Å². The van der Waals surface area contributed by atoms with Gasteiger partial charge in [-0.3, -0.25) is 4.90 Å². The number of hydrogen-bond donors (Lipinski definition) is 1. The number of nitrogens with zero attached hydrogens (tertiary/aromatic N) is 1. The summed E-state index contributed by atoms with van der Waals surface area (Å²) in [5.41, 5.74) is 0. The largest absolute Gasteiger partial charge is 0.383 e. The lowest BCUT2D eigenvalue weighted by atomic mass is 10.1. The third-order valence-electron chi connectivity index (χ3n) is 3.46. The number of hydrogen-bond acceptors (Lipinski definition) is 4. The van der Waals surface area contributed by atoms with Gasteiger partial charge in [0.05, 0.1) is 19.3 Å². The monoisotopic (exact) mass is 244 g/mol. The molecular weight excluding hydrogens is 216 g/mol. The average molecular weight is 244 g/mol. The molecular formula is C13H28N2O2. The van der Waals surface area contributed by atoms with Crippen molar-refractivity contribution in [3.63, 3.8) is 0 Å². The van der Waals surface area contributed by atoms with E-state index in [0.29, 0.717) is 12.1 Å². The fourth-order valence-corrected chi connectivity index (χ4v) is 2.34. The number of nitrogens with one attached hydrogen (secondary N) is 1. The summed E-state index contributed by atoms with van der Waals surface area (Å²) < 4.78 is 11.1. The lowest BCUT2D eigenvalue weighted by molar-refractivity contribution is 0.00908. The summed E-state index contributed by atoms with van der Waals surface area (Å²) in [5, 5.41) is 3.35. The zero-order valence-corrected chi connectivity index (χ0v) is 11.6. The van der Waals surface area contributed by atoms with Gasteiger partial charge in [0, 0.05) is 19.7 Å². The Morgan fingerprint density at radius 1 is 1.35 bits per heavy atom. The van der Waals surface area contributed by atoms with Gasteiger partial charge in [0.15, 0.2) is 0 Å². The third-order valence-corrected chi connectivity index (χ3v) is 3.46. The molecule has 1 unspecified atom stereocenters. The van der Waals surface area contributed by atoms with Crippen LogP contribution in [0.3, 0.4) is 0 Å². The van der Waals surface area contributed by atoms with Gasteiger partial charge in [-0.05, 0) is 39.4 Å². The fraction of sp³-hybridized carbons (Fsp3) is 1.00. The fourth-order valence-electron chi connectivity index (χ4n) is 2.34. The maximum absolute atomic E-state index is 5.92. The van der Waals surface area contributed by atoms with Crippen molar-refractivity contribution in [2.75, 3.05) is 46.5 Å². The molecule has 0 aromatic carbocycles. The molecule has 1 rings (SSSR count). The van der Waals surface area contributed by atoms with Gasteiger partial charge in [0.2, 0.25) is 0 Å². The van der Waals surface area contributed by atoms with E-state index < -0.39 is 0 Å². The predicted octanol–water partition coefficient (Wildman–Crippen LogP) is 1.11. The van der Waals surface area contributed by atoms with Crippen LogP contribution in [-0.2, 0) is 9.47 Å². The van der Waals surface area contributed by atoms with E-state index in [0.717, 1.165) is 52.2 Å². The van der Waals surface area contributed by atoms with E-state index in [2.05, 4.69) is 24.1 Å². The van der Waals surface area contributed by atoms with Gasteiger partial charge in [-0.25, -0.2) is 0 Å². The molecule has 1 N–H and O–H groups in total. The van der Waals surface area contributed by atoms with E-state index in [9.17, 15) is 0 Å². The Morgan fingerprint density at radius 3 is 2.65 bits per heavy atom. The minimum atomic E-state index is 0.465. The first-order chi connectivity index (χ1) is 8.27. The van der Waals surface area contributed by atoms with Crippen LogP contribution in [-0.4, -0.2) is 63.5 Å². The second-order valence-electron chi connectivity index (χ2n) is 4.75. The molecule has 4 nitrogen and oxygen atoms in total. The lowest BCUT2D eigenvalue weighted by Crippen LogP contribution is -2.39. The Kier molecular flexibility index (Phi) is 7.77. The normalized spacial score (nSPS) is 19.8. The Labute approximate surface area is 106 Å². The molecule has 0 aliphatic carbocycles. The van der Waals surface area contributed by atoms with Crippen molar-refractivity contribution in [1.82, 2.24) is 10.2 Å². The molecule has 0 saturated carbocycles. The quantitative estimate of drug-likeness (QED) is 0.693. The zero-order chi connectivity index (χ0) is 12.5. The van der Waals surface area contributed by atoms with Crippen LogP contribution >= 0.6 is 0 Å². The van der Waals surface area contributed by atoms with Crippen molar-refractivity contribution in [1.29, 1.82) is 0 Å². The van der Waals surface area contributed by atoms with Crippen molar-refractivity contribution < 1.29 is 9.47 Å². The SMILES string of the molecule is CCN(CCOC1CCNCC1)C(C)COC. The maximum Gasteiger partial charge on any atom is 0.0615 e. The van der Waals surface area contributed by atoms with Crippen molar-refractivity contribution in [3.8, 4) is 0 Å². The zero-order valence-electron chi connectivity index (χ0n) is 11.6. The number of ether oxygens (including phenoxy) is 2. The predicted molar refractivity (Wildman–Crippen MR) is 70.4 cm³/mol. The molecule has 1 heterocycles. The number of rotatable bonds is 8. The Bertz CT molecular complexity index is 184. The molecule has 4 heteroatoms. The number of methoxy groups -OCH3 is 1. The number of piperidine rings is 1. The van der Waals surface area contributed by atoms with Gasteiger partial charge in [0.25, 0.3) is 0 Å². The summed E-state index contributed by atoms with van der Waals surface area (Å²) >= 11 is 0. The summed E-state index contributed by atoms with van der Waals surface area (Å²) in [5.74, 6) is 0. The molecule has 1 saturated heterocycles. The van der Waals surface area contributed by atoms with Gasteiger partial charge < -0.3 is 14.8 Å². The first kappa shape index (κ1) is 14.9. The van der Waals surface area contributed by atoms with Crippen LogP contribution in [0.25, 0.3) is 0 Å². The van der Waals surface area contributed by atoms with E-state index in [1.165, 1.54) is 0 Å².